The molecule has 0 atom stereocenters. The highest BCUT2D eigenvalue weighted by Gasteiger charge is 2.07. The van der Waals surface area contributed by atoms with E-state index in [1.165, 1.54) is 0 Å². The lowest BCUT2D eigenvalue weighted by Gasteiger charge is -2.15. The van der Waals surface area contributed by atoms with Crippen molar-refractivity contribution < 1.29 is 19.4 Å². The summed E-state index contributed by atoms with van der Waals surface area (Å²) in [5.41, 5.74) is 1.43. The van der Waals surface area contributed by atoms with Gasteiger partial charge in [-0.3, -0.25) is 4.79 Å². The molecule has 106 valence electrons. The van der Waals surface area contributed by atoms with Gasteiger partial charge in [-0.2, -0.15) is 0 Å². The van der Waals surface area contributed by atoms with Gasteiger partial charge >= 0.3 is 11.9 Å². The molecule has 0 saturated heterocycles. The van der Waals surface area contributed by atoms with Crippen LogP contribution in [0.1, 0.15) is 22.3 Å². The number of carbonyl (C=O) groups excluding carboxylic acids is 1. The maximum absolute atomic E-state index is 11.5. The zero-order valence-electron chi connectivity index (χ0n) is 11.3. The van der Waals surface area contributed by atoms with Crippen LogP contribution in [0, 0.1) is 12.3 Å². The summed E-state index contributed by atoms with van der Waals surface area (Å²) in [6, 6.07) is 6.95. The Morgan fingerprint density at radius 1 is 1.35 bits per heavy atom. The Bertz CT molecular complexity index is 502. The summed E-state index contributed by atoms with van der Waals surface area (Å²) in [6.07, 6.45) is 5.11. The number of hydrogen-bond acceptors (Lipinski definition) is 4. The number of benzene rings is 1. The van der Waals surface area contributed by atoms with Crippen molar-refractivity contribution in [3.63, 3.8) is 0 Å². The number of hydrogen-bond donors (Lipinski definition) is 1. The summed E-state index contributed by atoms with van der Waals surface area (Å²) in [5.74, 6) is 0.965. The Kier molecular flexibility index (Phi) is 6.27. The van der Waals surface area contributed by atoms with Crippen molar-refractivity contribution in [2.75, 3.05) is 20.2 Å². The Balaban J connectivity index is 2.52. The minimum absolute atomic E-state index is 0.0431. The first-order valence-electron chi connectivity index (χ1n) is 6.13. The normalized spacial score (nSPS) is 10.1. The number of carboxylic acid groups (broad SMARTS) is 1. The second-order valence-electron chi connectivity index (χ2n) is 4.36. The average Bonchev–Trinajstić information content (AvgIpc) is 2.43. The van der Waals surface area contributed by atoms with Crippen LogP contribution in [-0.4, -0.2) is 42.1 Å². The van der Waals surface area contributed by atoms with Gasteiger partial charge in [0.25, 0.3) is 0 Å². The minimum Gasteiger partial charge on any atom is -0.481 e. The Morgan fingerprint density at radius 2 is 2.00 bits per heavy atom. The fourth-order valence-corrected chi connectivity index (χ4v) is 1.61. The Morgan fingerprint density at radius 3 is 2.55 bits per heavy atom. The molecule has 0 heterocycles. The third kappa shape index (κ3) is 5.55. The van der Waals surface area contributed by atoms with Gasteiger partial charge in [0.05, 0.1) is 12.0 Å². The van der Waals surface area contributed by atoms with E-state index in [9.17, 15) is 9.59 Å². The second kappa shape index (κ2) is 7.97. The zero-order chi connectivity index (χ0) is 15.0. The maximum Gasteiger partial charge on any atom is 0.339 e. The fraction of sp³-hybridized carbons (Fsp3) is 0.333. The lowest BCUT2D eigenvalue weighted by Crippen LogP contribution is -2.21. The molecule has 1 aromatic carbocycles. The lowest BCUT2D eigenvalue weighted by molar-refractivity contribution is -0.137. The van der Waals surface area contributed by atoms with Gasteiger partial charge in [0.15, 0.2) is 6.61 Å². The molecule has 20 heavy (non-hydrogen) atoms. The molecule has 1 N–H and O–H groups in total. The largest absolute Gasteiger partial charge is 0.481 e. The van der Waals surface area contributed by atoms with Gasteiger partial charge in [-0.15, -0.1) is 6.42 Å². The first-order chi connectivity index (χ1) is 9.52. The predicted octanol–water partition coefficient (Wildman–Crippen LogP) is 1.38. The molecule has 0 aliphatic carbocycles. The first kappa shape index (κ1) is 15.7. The van der Waals surface area contributed by atoms with E-state index in [4.69, 9.17) is 16.3 Å². The number of rotatable bonds is 7. The van der Waals surface area contributed by atoms with Crippen molar-refractivity contribution in [3.05, 3.63) is 35.4 Å². The second-order valence-corrected chi connectivity index (χ2v) is 4.36. The van der Waals surface area contributed by atoms with Crippen LogP contribution < -0.4 is 0 Å². The molecule has 0 amide bonds. The monoisotopic (exact) mass is 275 g/mol. The standard InChI is InChI=1S/C15H17NO4/c1-3-10-20-15(19)13-6-4-12(5-7-13)11-16(2)9-8-14(17)18/h1,4-7H,8-11H2,2H3,(H,17,18). The van der Waals surface area contributed by atoms with E-state index >= 15 is 0 Å². The zero-order valence-corrected chi connectivity index (χ0v) is 11.3. The summed E-state index contributed by atoms with van der Waals surface area (Å²) in [5, 5.41) is 8.60. The predicted molar refractivity (Wildman–Crippen MR) is 74.1 cm³/mol. The van der Waals surface area contributed by atoms with Crippen LogP contribution in [0.2, 0.25) is 0 Å². The number of nitrogens with zero attached hydrogens (tertiary/aromatic N) is 1. The van der Waals surface area contributed by atoms with Crippen molar-refractivity contribution in [1.29, 1.82) is 0 Å². The number of esters is 1. The third-order valence-electron chi connectivity index (χ3n) is 2.64. The van der Waals surface area contributed by atoms with E-state index < -0.39 is 11.9 Å². The summed E-state index contributed by atoms with van der Waals surface area (Å²) in [7, 11) is 1.85. The molecule has 5 heteroatoms. The molecule has 0 bridgehead atoms. The summed E-state index contributed by atoms with van der Waals surface area (Å²) in [4.78, 5) is 23.9. The van der Waals surface area contributed by atoms with Gasteiger partial charge in [-0.05, 0) is 24.7 Å². The number of terminal acetylenes is 1. The van der Waals surface area contributed by atoms with Crippen LogP contribution in [0.3, 0.4) is 0 Å². The summed E-state index contributed by atoms with van der Waals surface area (Å²) in [6.45, 7) is 1.05. The molecule has 1 rings (SSSR count). The van der Waals surface area contributed by atoms with E-state index in [1.54, 1.807) is 12.1 Å². The molecular formula is C15H17NO4. The van der Waals surface area contributed by atoms with E-state index in [0.29, 0.717) is 18.7 Å². The van der Waals surface area contributed by atoms with Crippen molar-refractivity contribution in [3.8, 4) is 12.3 Å². The first-order valence-corrected chi connectivity index (χ1v) is 6.13. The van der Waals surface area contributed by atoms with Crippen molar-refractivity contribution >= 4 is 11.9 Å². The SMILES string of the molecule is C#CCOC(=O)c1ccc(CN(C)CCC(=O)O)cc1. The van der Waals surface area contributed by atoms with E-state index in [0.717, 1.165) is 5.56 Å². The summed E-state index contributed by atoms with van der Waals surface area (Å²) >= 11 is 0. The molecule has 5 nitrogen and oxygen atoms in total. The maximum atomic E-state index is 11.5. The molecule has 0 saturated carbocycles. The highest BCUT2D eigenvalue weighted by molar-refractivity contribution is 5.89. The fourth-order valence-electron chi connectivity index (χ4n) is 1.61. The van der Waals surface area contributed by atoms with Crippen LogP contribution in [0.15, 0.2) is 24.3 Å². The molecule has 0 aliphatic heterocycles. The van der Waals surface area contributed by atoms with Crippen LogP contribution in [0.25, 0.3) is 0 Å². The molecule has 0 spiro atoms. The van der Waals surface area contributed by atoms with Crippen molar-refractivity contribution in [2.45, 2.75) is 13.0 Å². The van der Waals surface area contributed by atoms with Crippen LogP contribution in [-0.2, 0) is 16.1 Å². The van der Waals surface area contributed by atoms with Gasteiger partial charge in [0, 0.05) is 13.1 Å². The molecular weight excluding hydrogens is 258 g/mol. The van der Waals surface area contributed by atoms with Crippen LogP contribution >= 0.6 is 0 Å². The Labute approximate surface area is 118 Å². The van der Waals surface area contributed by atoms with Crippen molar-refractivity contribution in [1.82, 2.24) is 4.90 Å². The van der Waals surface area contributed by atoms with Gasteiger partial charge in [-0.1, -0.05) is 18.1 Å². The molecule has 0 fully saturated rings. The molecule has 0 aromatic heterocycles. The highest BCUT2D eigenvalue weighted by atomic mass is 16.5. The van der Waals surface area contributed by atoms with Gasteiger partial charge in [0.2, 0.25) is 0 Å². The number of carbonyl (C=O) groups is 2. The van der Waals surface area contributed by atoms with E-state index in [1.807, 2.05) is 24.1 Å². The third-order valence-corrected chi connectivity index (χ3v) is 2.64. The minimum atomic E-state index is -0.816. The van der Waals surface area contributed by atoms with Gasteiger partial charge < -0.3 is 14.7 Å². The molecule has 0 radical (unpaired) electrons. The molecule has 1 aromatic rings. The van der Waals surface area contributed by atoms with E-state index in [-0.39, 0.29) is 13.0 Å². The smallest absolute Gasteiger partial charge is 0.339 e. The van der Waals surface area contributed by atoms with Crippen LogP contribution in [0.4, 0.5) is 0 Å². The average molecular weight is 275 g/mol. The van der Waals surface area contributed by atoms with Crippen LogP contribution in [0.5, 0.6) is 0 Å². The topological polar surface area (TPSA) is 66.8 Å². The summed E-state index contributed by atoms with van der Waals surface area (Å²) < 4.78 is 4.81. The van der Waals surface area contributed by atoms with Crippen molar-refractivity contribution in [2.24, 2.45) is 0 Å². The number of aliphatic carboxylic acids is 1. The molecule has 0 unspecified atom stereocenters. The quantitative estimate of drug-likeness (QED) is 0.601. The molecule has 0 aliphatic rings. The van der Waals surface area contributed by atoms with E-state index in [2.05, 4.69) is 5.92 Å². The number of ether oxygens (including phenoxy) is 1. The van der Waals surface area contributed by atoms with Gasteiger partial charge in [0.1, 0.15) is 0 Å². The Hall–Kier alpha value is -2.32. The van der Waals surface area contributed by atoms with Gasteiger partial charge in [-0.25, -0.2) is 4.79 Å². The lowest BCUT2D eigenvalue weighted by atomic mass is 10.1. The highest BCUT2D eigenvalue weighted by Crippen LogP contribution is 2.08. The number of carboxylic acids is 1.